The Morgan fingerprint density at radius 1 is 1.13 bits per heavy atom. The molecular weight excluding hydrogens is 441 g/mol. The molecule has 0 aliphatic heterocycles. The Balaban J connectivity index is 1.62. The molecule has 1 N–H and O–H groups in total. The second-order valence-electron chi connectivity index (χ2n) is 6.01. The highest BCUT2D eigenvalue weighted by atomic mass is 32.2. The monoisotopic (exact) mass is 456 g/mol. The number of amides is 1. The van der Waals surface area contributed by atoms with Crippen LogP contribution in [0.1, 0.15) is 0 Å². The topological polar surface area (TPSA) is 94.0 Å². The van der Waals surface area contributed by atoms with Gasteiger partial charge in [0.15, 0.2) is 11.0 Å². The van der Waals surface area contributed by atoms with Crippen molar-refractivity contribution in [3.8, 4) is 11.4 Å². The first-order chi connectivity index (χ1) is 14.2. The van der Waals surface area contributed by atoms with E-state index in [-0.39, 0.29) is 17.0 Å². The summed E-state index contributed by atoms with van der Waals surface area (Å²) in [5.41, 5.74) is 0.529. The number of rotatable bonds is 7. The number of sulfone groups is 1. The third kappa shape index (κ3) is 4.65. The summed E-state index contributed by atoms with van der Waals surface area (Å²) < 4.78 is 63.4. The Labute approximate surface area is 174 Å². The summed E-state index contributed by atoms with van der Waals surface area (Å²) in [6.45, 7) is 0. The van der Waals surface area contributed by atoms with Gasteiger partial charge in [0, 0.05) is 12.7 Å². The molecule has 3 rings (SSSR count). The lowest BCUT2D eigenvalue weighted by molar-refractivity contribution is -0.113. The van der Waals surface area contributed by atoms with Crippen LogP contribution < -0.4 is 5.32 Å². The predicted molar refractivity (Wildman–Crippen MR) is 105 cm³/mol. The van der Waals surface area contributed by atoms with Crippen LogP contribution in [-0.2, 0) is 21.7 Å². The first kappa shape index (κ1) is 21.8. The van der Waals surface area contributed by atoms with E-state index >= 15 is 0 Å². The van der Waals surface area contributed by atoms with Crippen molar-refractivity contribution in [1.82, 2.24) is 14.8 Å². The van der Waals surface area contributed by atoms with Gasteiger partial charge in [0.05, 0.1) is 16.2 Å². The number of carbonyl (C=O) groups is 1. The number of carbonyl (C=O) groups excluding carboxylic acids is 1. The maximum absolute atomic E-state index is 13.9. The van der Waals surface area contributed by atoms with E-state index in [2.05, 4.69) is 15.5 Å². The highest BCUT2D eigenvalue weighted by molar-refractivity contribution is 7.99. The standard InChI is InChI=1S/C18H15F3N4O3S2/c1-25-16(13-4-2-3-5-14(13)19)23-24-18(25)29-10-15(26)22-11-6-8-12(9-7-11)30(27,28)17(20)21/h2-9,17H,10H2,1H3,(H,22,26). The largest absolute Gasteiger partial charge is 0.341 e. The molecule has 0 spiro atoms. The van der Waals surface area contributed by atoms with Gasteiger partial charge in [-0.1, -0.05) is 23.9 Å². The van der Waals surface area contributed by atoms with Crippen LogP contribution in [0.15, 0.2) is 58.6 Å². The van der Waals surface area contributed by atoms with Gasteiger partial charge in [-0.2, -0.15) is 8.78 Å². The lowest BCUT2D eigenvalue weighted by atomic mass is 10.2. The Morgan fingerprint density at radius 2 is 1.80 bits per heavy atom. The van der Waals surface area contributed by atoms with E-state index < -0.39 is 32.2 Å². The fourth-order valence-corrected chi connectivity index (χ4v) is 3.91. The number of thioether (sulfide) groups is 1. The van der Waals surface area contributed by atoms with Crippen molar-refractivity contribution >= 4 is 33.2 Å². The molecule has 0 radical (unpaired) electrons. The lowest BCUT2D eigenvalue weighted by Gasteiger charge is -2.07. The van der Waals surface area contributed by atoms with E-state index in [1.165, 1.54) is 18.2 Å². The molecule has 0 aliphatic carbocycles. The normalized spacial score (nSPS) is 11.6. The van der Waals surface area contributed by atoms with Crippen LogP contribution in [0, 0.1) is 5.82 Å². The molecule has 2 aromatic carbocycles. The first-order valence-corrected chi connectivity index (χ1v) is 10.9. The van der Waals surface area contributed by atoms with Crippen LogP contribution in [-0.4, -0.2) is 40.6 Å². The fourth-order valence-electron chi connectivity index (χ4n) is 2.48. The van der Waals surface area contributed by atoms with Gasteiger partial charge < -0.3 is 9.88 Å². The molecule has 3 aromatic rings. The van der Waals surface area contributed by atoms with E-state index in [9.17, 15) is 26.4 Å². The van der Waals surface area contributed by atoms with Crippen molar-refractivity contribution in [3.05, 3.63) is 54.3 Å². The average molecular weight is 456 g/mol. The van der Waals surface area contributed by atoms with Gasteiger partial charge >= 0.3 is 5.76 Å². The third-order valence-corrected chi connectivity index (χ3v) is 6.40. The van der Waals surface area contributed by atoms with Gasteiger partial charge in [0.1, 0.15) is 5.82 Å². The summed E-state index contributed by atoms with van der Waals surface area (Å²) in [4.78, 5) is 11.6. The van der Waals surface area contributed by atoms with Crippen LogP contribution in [0.25, 0.3) is 11.4 Å². The highest BCUT2D eigenvalue weighted by Gasteiger charge is 2.26. The molecule has 0 atom stereocenters. The Kier molecular flexibility index (Phi) is 6.46. The van der Waals surface area contributed by atoms with E-state index in [1.807, 2.05) is 0 Å². The molecule has 7 nitrogen and oxygen atoms in total. The quantitative estimate of drug-likeness (QED) is 0.548. The second kappa shape index (κ2) is 8.88. The number of alkyl halides is 2. The SMILES string of the molecule is Cn1c(SCC(=O)Nc2ccc(S(=O)(=O)C(F)F)cc2)nnc1-c1ccccc1F. The lowest BCUT2D eigenvalue weighted by Crippen LogP contribution is -2.15. The molecule has 0 aliphatic rings. The van der Waals surface area contributed by atoms with Crippen molar-refractivity contribution in [3.63, 3.8) is 0 Å². The Bertz CT molecular complexity index is 1170. The third-order valence-electron chi connectivity index (χ3n) is 3.98. The number of hydrogen-bond acceptors (Lipinski definition) is 6. The smallest absolute Gasteiger partial charge is 0.325 e. The molecule has 30 heavy (non-hydrogen) atoms. The molecule has 0 saturated heterocycles. The molecule has 158 valence electrons. The second-order valence-corrected chi connectivity index (χ2v) is 8.87. The average Bonchev–Trinajstić information content (AvgIpc) is 3.07. The van der Waals surface area contributed by atoms with Gasteiger partial charge in [-0.05, 0) is 36.4 Å². The number of nitrogens with one attached hydrogen (secondary N) is 1. The minimum atomic E-state index is -4.69. The fraction of sp³-hybridized carbons (Fsp3) is 0.167. The van der Waals surface area contributed by atoms with Gasteiger partial charge in [-0.15, -0.1) is 10.2 Å². The van der Waals surface area contributed by atoms with Gasteiger partial charge in [0.2, 0.25) is 15.7 Å². The van der Waals surface area contributed by atoms with Crippen molar-refractivity contribution in [2.45, 2.75) is 15.8 Å². The van der Waals surface area contributed by atoms with Crippen molar-refractivity contribution in [2.24, 2.45) is 7.05 Å². The van der Waals surface area contributed by atoms with E-state index in [1.54, 1.807) is 29.8 Å². The van der Waals surface area contributed by atoms with Crippen molar-refractivity contribution in [2.75, 3.05) is 11.1 Å². The molecule has 0 fully saturated rings. The summed E-state index contributed by atoms with van der Waals surface area (Å²) >= 11 is 1.07. The molecule has 0 unspecified atom stereocenters. The number of hydrogen-bond donors (Lipinski definition) is 1. The van der Waals surface area contributed by atoms with Crippen molar-refractivity contribution < 1.29 is 26.4 Å². The summed E-state index contributed by atoms with van der Waals surface area (Å²) in [5.74, 6) is -4.14. The predicted octanol–water partition coefficient (Wildman–Crippen LogP) is 3.35. The minimum absolute atomic E-state index is 0.0552. The molecule has 0 saturated carbocycles. The van der Waals surface area contributed by atoms with Crippen LogP contribution >= 0.6 is 11.8 Å². The van der Waals surface area contributed by atoms with Crippen LogP contribution in [0.5, 0.6) is 0 Å². The number of nitrogens with zero attached hydrogens (tertiary/aromatic N) is 3. The van der Waals surface area contributed by atoms with E-state index in [0.717, 1.165) is 23.9 Å². The number of anilines is 1. The van der Waals surface area contributed by atoms with Gasteiger partial charge in [0.25, 0.3) is 0 Å². The maximum atomic E-state index is 13.9. The van der Waals surface area contributed by atoms with E-state index in [0.29, 0.717) is 11.0 Å². The molecule has 12 heteroatoms. The van der Waals surface area contributed by atoms with Crippen LogP contribution in [0.4, 0.5) is 18.9 Å². The number of aromatic nitrogens is 3. The molecule has 1 aromatic heterocycles. The number of halogens is 3. The van der Waals surface area contributed by atoms with E-state index in [4.69, 9.17) is 0 Å². The summed E-state index contributed by atoms with van der Waals surface area (Å²) in [6, 6.07) is 10.5. The van der Waals surface area contributed by atoms with Crippen molar-refractivity contribution in [1.29, 1.82) is 0 Å². The maximum Gasteiger partial charge on any atom is 0.341 e. The zero-order valence-corrected chi connectivity index (χ0v) is 17.1. The zero-order valence-electron chi connectivity index (χ0n) is 15.4. The molecular formula is C18H15F3N4O3S2. The summed E-state index contributed by atoms with van der Waals surface area (Å²) in [6.07, 6.45) is 0. The minimum Gasteiger partial charge on any atom is -0.325 e. The summed E-state index contributed by atoms with van der Waals surface area (Å²) in [7, 11) is -3.05. The Morgan fingerprint density at radius 3 is 2.43 bits per heavy atom. The number of benzene rings is 2. The van der Waals surface area contributed by atoms with Crippen LogP contribution in [0.3, 0.4) is 0 Å². The summed E-state index contributed by atoms with van der Waals surface area (Å²) in [5, 5.41) is 10.8. The van der Waals surface area contributed by atoms with Crippen LogP contribution in [0.2, 0.25) is 0 Å². The van der Waals surface area contributed by atoms with Gasteiger partial charge in [-0.3, -0.25) is 4.79 Å². The Hall–Kier alpha value is -2.86. The zero-order chi connectivity index (χ0) is 21.9. The molecule has 1 heterocycles. The highest BCUT2D eigenvalue weighted by Crippen LogP contribution is 2.25. The molecule has 1 amide bonds. The molecule has 0 bridgehead atoms. The van der Waals surface area contributed by atoms with Gasteiger partial charge in [-0.25, -0.2) is 12.8 Å². The first-order valence-electron chi connectivity index (χ1n) is 8.39.